The Morgan fingerprint density at radius 3 is 2.26 bits per heavy atom. The molecule has 2 aliphatic heterocycles. The maximum Gasteiger partial charge on any atom is 0.203 e. The summed E-state index contributed by atoms with van der Waals surface area (Å²) >= 11 is 0. The topological polar surface area (TPSA) is 166 Å². The Labute approximate surface area is 176 Å². The number of aliphatic hydroxyl groups excluding tert-OH is 3. The van der Waals surface area contributed by atoms with Gasteiger partial charge in [-0.1, -0.05) is 12.1 Å². The van der Waals surface area contributed by atoms with Crippen molar-refractivity contribution in [1.29, 1.82) is 0 Å². The molecule has 2 heterocycles. The molecule has 1 fully saturated rings. The van der Waals surface area contributed by atoms with E-state index in [2.05, 4.69) is 0 Å². The summed E-state index contributed by atoms with van der Waals surface area (Å²) in [6.45, 7) is 1.47. The van der Waals surface area contributed by atoms with Crippen molar-refractivity contribution in [3.8, 4) is 23.0 Å². The number of aliphatic hydroxyl groups is 3. The first kappa shape index (κ1) is 21.3. The first-order valence-electron chi connectivity index (χ1n) is 9.58. The highest BCUT2D eigenvalue weighted by Gasteiger charge is 2.48. The molecule has 2 aromatic rings. The minimum absolute atomic E-state index is 0.0176. The summed E-state index contributed by atoms with van der Waals surface area (Å²) in [5.41, 5.74) is 0.195. The van der Waals surface area contributed by atoms with Gasteiger partial charge < -0.3 is 44.8 Å². The van der Waals surface area contributed by atoms with E-state index in [0.29, 0.717) is 5.56 Å². The molecule has 0 aromatic heterocycles. The van der Waals surface area contributed by atoms with Gasteiger partial charge in [0.2, 0.25) is 5.78 Å². The lowest BCUT2D eigenvalue weighted by molar-refractivity contribution is -0.304. The fourth-order valence-corrected chi connectivity index (χ4v) is 3.72. The summed E-state index contributed by atoms with van der Waals surface area (Å²) in [4.78, 5) is 13.3. The van der Waals surface area contributed by atoms with Crippen molar-refractivity contribution in [2.75, 3.05) is 0 Å². The predicted octanol–water partition coefficient (Wildman–Crippen LogP) is 0.332. The van der Waals surface area contributed by atoms with Crippen LogP contribution in [-0.2, 0) is 9.47 Å². The summed E-state index contributed by atoms with van der Waals surface area (Å²) in [6, 6.07) is 7.90. The number of rotatable bonds is 3. The second-order valence-electron chi connectivity index (χ2n) is 7.57. The van der Waals surface area contributed by atoms with Crippen molar-refractivity contribution in [3.05, 3.63) is 47.5 Å². The maximum absolute atomic E-state index is 13.3. The van der Waals surface area contributed by atoms with Gasteiger partial charge in [0.15, 0.2) is 18.5 Å². The van der Waals surface area contributed by atoms with Crippen molar-refractivity contribution in [2.45, 2.75) is 49.8 Å². The highest BCUT2D eigenvalue weighted by atomic mass is 16.7. The van der Waals surface area contributed by atoms with Gasteiger partial charge in [0.05, 0.1) is 6.10 Å². The van der Waals surface area contributed by atoms with Crippen LogP contribution >= 0.6 is 0 Å². The molecule has 0 bridgehead atoms. The molecule has 0 saturated carbocycles. The van der Waals surface area contributed by atoms with E-state index in [4.69, 9.17) is 14.2 Å². The van der Waals surface area contributed by atoms with Crippen molar-refractivity contribution in [2.24, 2.45) is 0 Å². The van der Waals surface area contributed by atoms with Crippen molar-refractivity contribution in [3.63, 3.8) is 0 Å². The van der Waals surface area contributed by atoms with Gasteiger partial charge in [-0.2, -0.15) is 0 Å². The van der Waals surface area contributed by atoms with Crippen LogP contribution in [0.4, 0.5) is 0 Å². The van der Waals surface area contributed by atoms with E-state index in [-0.39, 0.29) is 22.8 Å². The molecule has 1 saturated heterocycles. The SMILES string of the molecule is C[C@H]1O[C@@H](O[C@@H]2C(=O)c3c(O)cc(O)cc3O[C@@H]2c2ccc(O)cc2)[C@H](O)[C@H](O)[C@H]1O. The smallest absolute Gasteiger partial charge is 0.203 e. The number of hydrogen-bond acceptors (Lipinski definition) is 10. The van der Waals surface area contributed by atoms with Crippen LogP contribution in [-0.4, -0.2) is 73.2 Å². The van der Waals surface area contributed by atoms with Crippen LogP contribution in [0.3, 0.4) is 0 Å². The van der Waals surface area contributed by atoms with Crippen LogP contribution in [0.1, 0.15) is 28.9 Å². The van der Waals surface area contributed by atoms with Crippen LogP contribution in [0, 0.1) is 0 Å². The normalized spacial score (nSPS) is 32.9. The lowest BCUT2D eigenvalue weighted by Gasteiger charge is -2.42. The molecule has 0 spiro atoms. The number of carbonyl (C=O) groups is 1. The molecule has 4 rings (SSSR count). The molecule has 0 amide bonds. The van der Waals surface area contributed by atoms with Crippen molar-refractivity contribution >= 4 is 5.78 Å². The Hall–Kier alpha value is -2.89. The number of fused-ring (bicyclic) bond motifs is 1. The second kappa shape index (κ2) is 7.98. The number of carbonyl (C=O) groups excluding carboxylic acids is 1. The third-order valence-electron chi connectivity index (χ3n) is 5.41. The average Bonchev–Trinajstić information content (AvgIpc) is 2.72. The van der Waals surface area contributed by atoms with Gasteiger partial charge >= 0.3 is 0 Å². The lowest BCUT2D eigenvalue weighted by Crippen LogP contribution is -2.59. The fourth-order valence-electron chi connectivity index (χ4n) is 3.72. The zero-order chi connectivity index (χ0) is 22.4. The van der Waals surface area contributed by atoms with Gasteiger partial charge in [-0.15, -0.1) is 0 Å². The van der Waals surface area contributed by atoms with Crippen LogP contribution in [0.5, 0.6) is 23.0 Å². The molecule has 0 unspecified atom stereocenters. The van der Waals surface area contributed by atoms with E-state index in [1.165, 1.54) is 37.3 Å². The predicted molar refractivity (Wildman–Crippen MR) is 103 cm³/mol. The third-order valence-corrected chi connectivity index (χ3v) is 5.41. The van der Waals surface area contributed by atoms with Gasteiger partial charge in [-0.3, -0.25) is 4.79 Å². The number of Topliss-reactive ketones (excluding diaryl/α,β-unsaturated/α-hetero) is 1. The zero-order valence-electron chi connectivity index (χ0n) is 16.3. The quantitative estimate of drug-likeness (QED) is 0.396. The highest BCUT2D eigenvalue weighted by molar-refractivity contribution is 6.05. The van der Waals surface area contributed by atoms with Gasteiger partial charge in [0.25, 0.3) is 0 Å². The van der Waals surface area contributed by atoms with Gasteiger partial charge in [0, 0.05) is 12.1 Å². The van der Waals surface area contributed by atoms with E-state index in [0.717, 1.165) is 6.07 Å². The zero-order valence-corrected chi connectivity index (χ0v) is 16.3. The minimum Gasteiger partial charge on any atom is -0.508 e. The molecular weight excluding hydrogens is 412 g/mol. The molecule has 2 aliphatic rings. The molecular formula is C21H22O10. The Bertz CT molecular complexity index is 975. The van der Waals surface area contributed by atoms with E-state index >= 15 is 0 Å². The van der Waals surface area contributed by atoms with Gasteiger partial charge in [-0.05, 0) is 24.6 Å². The first-order valence-corrected chi connectivity index (χ1v) is 9.58. The summed E-state index contributed by atoms with van der Waals surface area (Å²) in [7, 11) is 0. The summed E-state index contributed by atoms with van der Waals surface area (Å²) < 4.78 is 17.0. The Morgan fingerprint density at radius 2 is 1.58 bits per heavy atom. The molecule has 0 aliphatic carbocycles. The number of ketones is 1. The number of benzene rings is 2. The summed E-state index contributed by atoms with van der Waals surface area (Å²) in [5.74, 6) is -1.64. The maximum atomic E-state index is 13.3. The largest absolute Gasteiger partial charge is 0.508 e. The lowest BCUT2D eigenvalue weighted by atomic mass is 9.92. The van der Waals surface area contributed by atoms with Crippen LogP contribution < -0.4 is 4.74 Å². The van der Waals surface area contributed by atoms with E-state index < -0.39 is 54.4 Å². The summed E-state index contributed by atoms with van der Waals surface area (Å²) in [5, 5.41) is 59.8. The van der Waals surface area contributed by atoms with E-state index in [1.54, 1.807) is 0 Å². The number of ether oxygens (including phenoxy) is 3. The molecule has 6 N–H and O–H groups in total. The van der Waals surface area contributed by atoms with E-state index in [1.807, 2.05) is 0 Å². The summed E-state index contributed by atoms with van der Waals surface area (Å²) in [6.07, 6.45) is -9.49. The van der Waals surface area contributed by atoms with Crippen LogP contribution in [0.25, 0.3) is 0 Å². The van der Waals surface area contributed by atoms with Crippen molar-refractivity contribution in [1.82, 2.24) is 0 Å². The van der Waals surface area contributed by atoms with Crippen molar-refractivity contribution < 1.29 is 49.6 Å². The Kier molecular flexibility index (Phi) is 5.50. The third kappa shape index (κ3) is 3.80. The molecule has 7 atom stereocenters. The number of hydrogen-bond donors (Lipinski definition) is 6. The fraction of sp³-hybridized carbons (Fsp3) is 0.381. The average molecular weight is 434 g/mol. The van der Waals surface area contributed by atoms with Gasteiger partial charge in [-0.25, -0.2) is 0 Å². The number of phenols is 3. The molecule has 0 radical (unpaired) electrons. The number of phenolic OH excluding ortho intramolecular Hbond substituents is 3. The van der Waals surface area contributed by atoms with E-state index in [9.17, 15) is 35.4 Å². The second-order valence-corrected chi connectivity index (χ2v) is 7.57. The number of aromatic hydroxyl groups is 3. The standard InChI is InChI=1S/C21H22O10/c1-8-15(25)17(27)18(28)21(29-8)31-20-16(26)14-12(24)6-11(23)7-13(14)30-19(20)9-2-4-10(22)5-3-9/h2-8,15,17-25,27-28H,1H3/t8-,15+,17-,18-,19-,20-,21+/m1/s1. The van der Waals surface area contributed by atoms with Gasteiger partial charge in [0.1, 0.15) is 46.9 Å². The minimum atomic E-state index is -1.66. The molecule has 166 valence electrons. The molecule has 10 heteroatoms. The molecule has 31 heavy (non-hydrogen) atoms. The molecule has 10 nitrogen and oxygen atoms in total. The Morgan fingerprint density at radius 1 is 0.903 bits per heavy atom. The first-order chi connectivity index (χ1) is 14.7. The van der Waals surface area contributed by atoms with Crippen LogP contribution in [0.15, 0.2) is 36.4 Å². The highest BCUT2D eigenvalue weighted by Crippen LogP contribution is 2.43. The Balaban J connectivity index is 1.73. The molecule has 2 aromatic carbocycles. The monoisotopic (exact) mass is 434 g/mol. The van der Waals surface area contributed by atoms with Crippen LogP contribution in [0.2, 0.25) is 0 Å².